The molecule has 112 valence electrons. The number of amides is 1. The van der Waals surface area contributed by atoms with Crippen LogP contribution in [0, 0.1) is 0 Å². The van der Waals surface area contributed by atoms with E-state index in [9.17, 15) is 4.79 Å². The molecule has 3 rings (SSSR count). The van der Waals surface area contributed by atoms with Gasteiger partial charge in [-0.1, -0.05) is 0 Å². The van der Waals surface area contributed by atoms with Gasteiger partial charge in [0.15, 0.2) is 0 Å². The number of aliphatic hydroxyl groups excluding tert-OH is 1. The SMILES string of the molecule is Nc1c(C(=O)N2CCCC2CCCO)sc2cnccc12. The van der Waals surface area contributed by atoms with Crippen LogP contribution in [-0.2, 0) is 0 Å². The number of nitrogens with two attached hydrogens (primary N) is 1. The third-order valence-electron chi connectivity index (χ3n) is 4.06. The molecule has 3 heterocycles. The van der Waals surface area contributed by atoms with Crippen molar-refractivity contribution in [3.8, 4) is 0 Å². The molecule has 0 bridgehead atoms. The monoisotopic (exact) mass is 305 g/mol. The van der Waals surface area contributed by atoms with E-state index in [0.29, 0.717) is 10.6 Å². The molecule has 1 atom stereocenters. The molecule has 6 heteroatoms. The highest BCUT2D eigenvalue weighted by molar-refractivity contribution is 7.21. The molecule has 2 aromatic heterocycles. The fraction of sp³-hybridized carbons (Fsp3) is 0.467. The average molecular weight is 305 g/mol. The molecular formula is C15H19N3O2S. The van der Waals surface area contributed by atoms with Crippen LogP contribution in [0.2, 0.25) is 0 Å². The Labute approximate surface area is 127 Å². The van der Waals surface area contributed by atoms with E-state index in [1.54, 1.807) is 12.4 Å². The van der Waals surface area contributed by atoms with Crippen molar-refractivity contribution in [2.45, 2.75) is 31.7 Å². The first kappa shape index (κ1) is 14.3. The maximum Gasteiger partial charge on any atom is 0.266 e. The van der Waals surface area contributed by atoms with Crippen molar-refractivity contribution in [2.24, 2.45) is 0 Å². The van der Waals surface area contributed by atoms with Gasteiger partial charge in [0, 0.05) is 37.0 Å². The highest BCUT2D eigenvalue weighted by Crippen LogP contribution is 2.35. The highest BCUT2D eigenvalue weighted by Gasteiger charge is 2.31. The van der Waals surface area contributed by atoms with Crippen LogP contribution in [-0.4, -0.2) is 40.1 Å². The van der Waals surface area contributed by atoms with E-state index in [1.165, 1.54) is 11.3 Å². The number of thiophene rings is 1. The van der Waals surface area contributed by atoms with Crippen LogP contribution in [0.3, 0.4) is 0 Å². The van der Waals surface area contributed by atoms with Crippen LogP contribution in [0.4, 0.5) is 5.69 Å². The lowest BCUT2D eigenvalue weighted by molar-refractivity contribution is 0.0730. The summed E-state index contributed by atoms with van der Waals surface area (Å²) in [6, 6.07) is 2.08. The van der Waals surface area contributed by atoms with Gasteiger partial charge in [-0.3, -0.25) is 9.78 Å². The summed E-state index contributed by atoms with van der Waals surface area (Å²) in [4.78, 5) is 19.4. The second-order valence-corrected chi connectivity index (χ2v) is 6.43. The predicted molar refractivity (Wildman–Crippen MR) is 84.4 cm³/mol. The lowest BCUT2D eigenvalue weighted by atomic mass is 10.1. The summed E-state index contributed by atoms with van der Waals surface area (Å²) in [5.41, 5.74) is 6.71. The fourth-order valence-electron chi connectivity index (χ4n) is 2.99. The normalized spacial score (nSPS) is 18.5. The first-order valence-electron chi connectivity index (χ1n) is 7.26. The number of fused-ring (bicyclic) bond motifs is 1. The fourth-order valence-corrected chi connectivity index (χ4v) is 4.04. The van der Waals surface area contributed by atoms with E-state index >= 15 is 0 Å². The van der Waals surface area contributed by atoms with Gasteiger partial charge in [0.1, 0.15) is 4.88 Å². The number of aromatic nitrogens is 1. The van der Waals surface area contributed by atoms with Crippen LogP contribution in [0.5, 0.6) is 0 Å². The zero-order valence-electron chi connectivity index (χ0n) is 11.8. The van der Waals surface area contributed by atoms with E-state index in [-0.39, 0.29) is 18.6 Å². The molecule has 1 aliphatic rings. The number of aliphatic hydroxyl groups is 1. The van der Waals surface area contributed by atoms with Gasteiger partial charge >= 0.3 is 0 Å². The van der Waals surface area contributed by atoms with Gasteiger partial charge in [-0.25, -0.2) is 0 Å². The first-order valence-corrected chi connectivity index (χ1v) is 8.08. The number of carbonyl (C=O) groups is 1. The number of pyridine rings is 1. The molecule has 5 nitrogen and oxygen atoms in total. The summed E-state index contributed by atoms with van der Waals surface area (Å²) in [5, 5.41) is 9.89. The van der Waals surface area contributed by atoms with Gasteiger partial charge in [0.05, 0.1) is 10.4 Å². The van der Waals surface area contributed by atoms with Gasteiger partial charge in [0.25, 0.3) is 5.91 Å². The minimum Gasteiger partial charge on any atom is -0.397 e. The Bertz CT molecular complexity index is 655. The Morgan fingerprint density at radius 3 is 3.19 bits per heavy atom. The Kier molecular flexibility index (Phi) is 4.07. The minimum absolute atomic E-state index is 0.0224. The molecule has 1 saturated heterocycles. The summed E-state index contributed by atoms with van der Waals surface area (Å²) in [6.07, 6.45) is 7.07. The van der Waals surface area contributed by atoms with Crippen LogP contribution in [0.25, 0.3) is 10.1 Å². The molecule has 0 aromatic carbocycles. The summed E-state index contributed by atoms with van der Waals surface area (Å²) in [6.45, 7) is 0.954. The van der Waals surface area contributed by atoms with Crippen LogP contribution < -0.4 is 5.73 Å². The van der Waals surface area contributed by atoms with Crippen molar-refractivity contribution in [3.63, 3.8) is 0 Å². The Balaban J connectivity index is 1.87. The van der Waals surface area contributed by atoms with Gasteiger partial charge < -0.3 is 15.7 Å². The van der Waals surface area contributed by atoms with Gasteiger partial charge in [-0.05, 0) is 31.7 Å². The number of hydrogen-bond donors (Lipinski definition) is 2. The number of anilines is 1. The molecule has 1 fully saturated rings. The van der Waals surface area contributed by atoms with E-state index in [4.69, 9.17) is 10.8 Å². The molecule has 1 aliphatic heterocycles. The predicted octanol–water partition coefficient (Wildman–Crippen LogP) is 2.26. The number of hydrogen-bond acceptors (Lipinski definition) is 5. The molecule has 0 saturated carbocycles. The quantitative estimate of drug-likeness (QED) is 0.908. The van der Waals surface area contributed by atoms with Crippen molar-refractivity contribution in [1.82, 2.24) is 9.88 Å². The van der Waals surface area contributed by atoms with Crippen LogP contribution in [0.15, 0.2) is 18.5 Å². The number of carbonyl (C=O) groups excluding carboxylic acids is 1. The number of likely N-dealkylation sites (tertiary alicyclic amines) is 1. The Morgan fingerprint density at radius 2 is 2.43 bits per heavy atom. The molecular weight excluding hydrogens is 286 g/mol. The molecule has 0 aliphatic carbocycles. The third kappa shape index (κ3) is 2.61. The highest BCUT2D eigenvalue weighted by atomic mass is 32.1. The Morgan fingerprint density at radius 1 is 1.57 bits per heavy atom. The van der Waals surface area contributed by atoms with Gasteiger partial charge in [-0.2, -0.15) is 0 Å². The summed E-state index contributed by atoms with van der Waals surface area (Å²) < 4.78 is 0.949. The van der Waals surface area contributed by atoms with Gasteiger partial charge in [0.2, 0.25) is 0 Å². The van der Waals surface area contributed by atoms with E-state index < -0.39 is 0 Å². The number of nitrogens with zero attached hydrogens (tertiary/aromatic N) is 2. The molecule has 0 spiro atoms. The number of nitrogen functional groups attached to an aromatic ring is 1. The van der Waals surface area contributed by atoms with Crippen LogP contribution >= 0.6 is 11.3 Å². The summed E-state index contributed by atoms with van der Waals surface area (Å²) in [5.74, 6) is 0.0224. The van der Waals surface area contributed by atoms with Crippen molar-refractivity contribution in [1.29, 1.82) is 0 Å². The van der Waals surface area contributed by atoms with Crippen molar-refractivity contribution < 1.29 is 9.90 Å². The molecule has 0 radical (unpaired) electrons. The van der Waals surface area contributed by atoms with Crippen molar-refractivity contribution >= 4 is 33.0 Å². The maximum absolute atomic E-state index is 12.8. The van der Waals surface area contributed by atoms with Gasteiger partial charge in [-0.15, -0.1) is 11.3 Å². The molecule has 1 unspecified atom stereocenters. The second-order valence-electron chi connectivity index (χ2n) is 5.38. The molecule has 1 amide bonds. The zero-order valence-corrected chi connectivity index (χ0v) is 12.6. The molecule has 21 heavy (non-hydrogen) atoms. The smallest absolute Gasteiger partial charge is 0.266 e. The second kappa shape index (κ2) is 5.99. The topological polar surface area (TPSA) is 79.5 Å². The Hall–Kier alpha value is -1.66. The van der Waals surface area contributed by atoms with Crippen molar-refractivity contribution in [2.75, 3.05) is 18.9 Å². The summed E-state index contributed by atoms with van der Waals surface area (Å²) in [7, 11) is 0. The molecule has 3 N–H and O–H groups in total. The van der Waals surface area contributed by atoms with E-state index in [2.05, 4.69) is 4.98 Å². The maximum atomic E-state index is 12.8. The number of rotatable bonds is 4. The molecule has 2 aromatic rings. The third-order valence-corrected chi connectivity index (χ3v) is 5.20. The first-order chi connectivity index (χ1) is 10.2. The average Bonchev–Trinajstić information content (AvgIpc) is 3.10. The van der Waals surface area contributed by atoms with Crippen LogP contribution in [0.1, 0.15) is 35.4 Å². The zero-order chi connectivity index (χ0) is 14.8. The largest absolute Gasteiger partial charge is 0.397 e. The summed E-state index contributed by atoms with van der Waals surface area (Å²) >= 11 is 1.42. The lowest BCUT2D eigenvalue weighted by Gasteiger charge is -2.24. The lowest BCUT2D eigenvalue weighted by Crippen LogP contribution is -2.35. The van der Waals surface area contributed by atoms with Crippen molar-refractivity contribution in [3.05, 3.63) is 23.3 Å². The van der Waals surface area contributed by atoms with E-state index in [0.717, 1.165) is 42.3 Å². The standard InChI is InChI=1S/C15H19N3O2S/c16-13-11-5-6-17-9-12(11)21-14(13)15(20)18-7-1-3-10(18)4-2-8-19/h5-6,9-10,19H,1-4,7-8,16H2. The van der Waals surface area contributed by atoms with E-state index in [1.807, 2.05) is 11.0 Å². The minimum atomic E-state index is 0.0224.